The largest absolute Gasteiger partial charge is 0.464 e. The number of hydrogen-bond acceptors (Lipinski definition) is 5. The molecule has 0 amide bonds. The number of nitrogens with zero attached hydrogens (tertiary/aromatic N) is 1. The van der Waals surface area contributed by atoms with Crippen LogP contribution in [0.5, 0.6) is 0 Å². The number of carbonyl (C=O) groups is 1. The highest BCUT2D eigenvalue weighted by Crippen LogP contribution is 1.97. The van der Waals surface area contributed by atoms with Gasteiger partial charge in [-0.25, -0.2) is 4.79 Å². The van der Waals surface area contributed by atoms with Gasteiger partial charge in [0.2, 0.25) is 0 Å². The normalized spacial score (nSPS) is 11.3. The standard InChI is InChI=1S/C14H30N2O3/c1-5-19-14(17)12-18-11-9-15-8-6-7-10-16(4)13(2)3/h13,15H,5-12H2,1-4H3. The molecule has 0 aliphatic rings. The Bertz CT molecular complexity index is 223. The minimum absolute atomic E-state index is 0.0503. The van der Waals surface area contributed by atoms with Crippen molar-refractivity contribution in [1.29, 1.82) is 0 Å². The number of unbranched alkanes of at least 4 members (excludes halogenated alkanes) is 1. The molecule has 0 atom stereocenters. The third kappa shape index (κ3) is 12.1. The molecule has 0 saturated carbocycles. The van der Waals surface area contributed by atoms with Gasteiger partial charge >= 0.3 is 5.97 Å². The van der Waals surface area contributed by atoms with Crippen LogP contribution in [0.15, 0.2) is 0 Å². The highest BCUT2D eigenvalue weighted by Gasteiger charge is 2.02. The van der Waals surface area contributed by atoms with Gasteiger partial charge in [0.15, 0.2) is 0 Å². The molecule has 0 rings (SSSR count). The van der Waals surface area contributed by atoms with E-state index in [-0.39, 0.29) is 12.6 Å². The van der Waals surface area contributed by atoms with E-state index in [4.69, 9.17) is 9.47 Å². The third-order valence-corrected chi connectivity index (χ3v) is 2.94. The van der Waals surface area contributed by atoms with Crippen molar-refractivity contribution in [2.75, 3.05) is 46.5 Å². The van der Waals surface area contributed by atoms with Crippen molar-refractivity contribution in [3.63, 3.8) is 0 Å². The van der Waals surface area contributed by atoms with Crippen molar-refractivity contribution in [3.8, 4) is 0 Å². The fourth-order valence-electron chi connectivity index (χ4n) is 1.50. The lowest BCUT2D eigenvalue weighted by Gasteiger charge is -2.20. The number of esters is 1. The molecule has 1 N–H and O–H groups in total. The molecule has 0 aliphatic heterocycles. The summed E-state index contributed by atoms with van der Waals surface area (Å²) in [5, 5.41) is 3.30. The van der Waals surface area contributed by atoms with E-state index >= 15 is 0 Å². The first-order valence-corrected chi connectivity index (χ1v) is 7.22. The van der Waals surface area contributed by atoms with Gasteiger partial charge in [0.1, 0.15) is 6.61 Å². The highest BCUT2D eigenvalue weighted by atomic mass is 16.6. The number of nitrogens with one attached hydrogen (secondary N) is 1. The van der Waals surface area contributed by atoms with Crippen LogP contribution in [-0.4, -0.2) is 63.4 Å². The minimum Gasteiger partial charge on any atom is -0.464 e. The van der Waals surface area contributed by atoms with Crippen LogP contribution in [-0.2, 0) is 14.3 Å². The molecule has 114 valence electrons. The van der Waals surface area contributed by atoms with E-state index in [0.717, 1.165) is 26.1 Å². The second-order valence-electron chi connectivity index (χ2n) is 4.89. The Hall–Kier alpha value is -0.650. The molecule has 0 spiro atoms. The summed E-state index contributed by atoms with van der Waals surface area (Å²) in [6, 6.07) is 0.615. The van der Waals surface area contributed by atoms with E-state index in [1.54, 1.807) is 6.92 Å². The zero-order valence-electron chi connectivity index (χ0n) is 12.9. The monoisotopic (exact) mass is 274 g/mol. The summed E-state index contributed by atoms with van der Waals surface area (Å²) >= 11 is 0. The van der Waals surface area contributed by atoms with Gasteiger partial charge in [-0.3, -0.25) is 0 Å². The van der Waals surface area contributed by atoms with Crippen LogP contribution in [0.1, 0.15) is 33.6 Å². The SMILES string of the molecule is CCOC(=O)COCCNCCCCN(C)C(C)C. The summed E-state index contributed by atoms with van der Waals surface area (Å²) in [5.41, 5.74) is 0. The van der Waals surface area contributed by atoms with Gasteiger partial charge in [-0.15, -0.1) is 0 Å². The van der Waals surface area contributed by atoms with E-state index in [1.165, 1.54) is 6.42 Å². The molecule has 0 saturated heterocycles. The van der Waals surface area contributed by atoms with Crippen LogP contribution in [0.4, 0.5) is 0 Å². The van der Waals surface area contributed by atoms with Crippen LogP contribution in [0.3, 0.4) is 0 Å². The van der Waals surface area contributed by atoms with E-state index in [2.05, 4.69) is 31.1 Å². The smallest absolute Gasteiger partial charge is 0.332 e. The molecule has 0 heterocycles. The summed E-state index contributed by atoms with van der Waals surface area (Å²) < 4.78 is 9.93. The average Bonchev–Trinajstić information content (AvgIpc) is 2.36. The van der Waals surface area contributed by atoms with Crippen molar-refractivity contribution in [2.45, 2.75) is 39.7 Å². The Balaban J connectivity index is 3.17. The fraction of sp³-hybridized carbons (Fsp3) is 0.929. The summed E-state index contributed by atoms with van der Waals surface area (Å²) in [7, 11) is 2.15. The minimum atomic E-state index is -0.292. The number of hydrogen-bond donors (Lipinski definition) is 1. The Morgan fingerprint density at radius 3 is 2.63 bits per heavy atom. The van der Waals surface area contributed by atoms with Crippen molar-refractivity contribution < 1.29 is 14.3 Å². The van der Waals surface area contributed by atoms with E-state index in [0.29, 0.717) is 19.3 Å². The fourth-order valence-corrected chi connectivity index (χ4v) is 1.50. The van der Waals surface area contributed by atoms with Crippen LogP contribution < -0.4 is 5.32 Å². The molecule has 5 nitrogen and oxygen atoms in total. The predicted octanol–water partition coefficient (Wildman–Crippen LogP) is 1.28. The van der Waals surface area contributed by atoms with Gasteiger partial charge in [0, 0.05) is 12.6 Å². The van der Waals surface area contributed by atoms with Crippen LogP contribution >= 0.6 is 0 Å². The average molecular weight is 274 g/mol. The van der Waals surface area contributed by atoms with E-state index in [1.807, 2.05) is 0 Å². The topological polar surface area (TPSA) is 50.8 Å². The predicted molar refractivity (Wildman–Crippen MR) is 77.3 cm³/mol. The van der Waals surface area contributed by atoms with Crippen LogP contribution in [0.2, 0.25) is 0 Å². The maximum atomic E-state index is 11.0. The van der Waals surface area contributed by atoms with Gasteiger partial charge in [-0.1, -0.05) is 0 Å². The maximum Gasteiger partial charge on any atom is 0.332 e. The van der Waals surface area contributed by atoms with Crippen molar-refractivity contribution in [3.05, 3.63) is 0 Å². The molecular weight excluding hydrogens is 244 g/mol. The second kappa shape index (κ2) is 12.4. The highest BCUT2D eigenvalue weighted by molar-refractivity contribution is 5.70. The van der Waals surface area contributed by atoms with Gasteiger partial charge < -0.3 is 19.7 Å². The molecule has 0 aromatic rings. The lowest BCUT2D eigenvalue weighted by atomic mass is 10.2. The third-order valence-electron chi connectivity index (χ3n) is 2.94. The molecule has 0 aromatic carbocycles. The zero-order valence-corrected chi connectivity index (χ0v) is 12.9. The molecule has 0 unspecified atom stereocenters. The van der Waals surface area contributed by atoms with Crippen molar-refractivity contribution in [2.24, 2.45) is 0 Å². The van der Waals surface area contributed by atoms with E-state index < -0.39 is 0 Å². The molecule has 5 heteroatoms. The lowest BCUT2D eigenvalue weighted by molar-refractivity contribution is -0.148. The number of ether oxygens (including phenoxy) is 2. The molecule has 0 aromatic heterocycles. The Labute approximate surface area is 117 Å². The van der Waals surface area contributed by atoms with Crippen molar-refractivity contribution in [1.82, 2.24) is 10.2 Å². The Morgan fingerprint density at radius 1 is 1.26 bits per heavy atom. The van der Waals surface area contributed by atoms with Gasteiger partial charge in [0.05, 0.1) is 13.2 Å². The zero-order chi connectivity index (χ0) is 14.5. The second-order valence-corrected chi connectivity index (χ2v) is 4.89. The van der Waals surface area contributed by atoms with Crippen LogP contribution in [0.25, 0.3) is 0 Å². The quantitative estimate of drug-likeness (QED) is 0.429. The van der Waals surface area contributed by atoms with Gasteiger partial charge in [-0.05, 0) is 53.8 Å². The first-order valence-electron chi connectivity index (χ1n) is 7.22. The summed E-state index contributed by atoms with van der Waals surface area (Å²) in [6.07, 6.45) is 2.36. The van der Waals surface area contributed by atoms with E-state index in [9.17, 15) is 4.79 Å². The van der Waals surface area contributed by atoms with Gasteiger partial charge in [-0.2, -0.15) is 0 Å². The Morgan fingerprint density at radius 2 is 2.00 bits per heavy atom. The molecule has 0 aliphatic carbocycles. The molecule has 19 heavy (non-hydrogen) atoms. The molecule has 0 fully saturated rings. The first kappa shape index (κ1) is 18.4. The first-order chi connectivity index (χ1) is 9.07. The van der Waals surface area contributed by atoms with Crippen LogP contribution in [0, 0.1) is 0 Å². The Kier molecular flexibility index (Phi) is 12.0. The number of carbonyl (C=O) groups excluding carboxylic acids is 1. The number of rotatable bonds is 12. The lowest BCUT2D eigenvalue weighted by Crippen LogP contribution is -2.28. The molecule has 0 radical (unpaired) electrons. The van der Waals surface area contributed by atoms with Crippen molar-refractivity contribution >= 4 is 5.97 Å². The summed E-state index contributed by atoms with van der Waals surface area (Å²) in [4.78, 5) is 13.3. The maximum absolute atomic E-state index is 11.0. The van der Waals surface area contributed by atoms with Gasteiger partial charge in [0.25, 0.3) is 0 Å². The summed E-state index contributed by atoms with van der Waals surface area (Å²) in [6.45, 7) is 10.1. The summed E-state index contributed by atoms with van der Waals surface area (Å²) in [5.74, 6) is -0.292. The molecule has 0 bridgehead atoms. The molecular formula is C14H30N2O3.